The molecule has 3 aromatic rings. The molecule has 0 saturated carbocycles. The molecular formula is C24H29N5O2S. The van der Waals surface area contributed by atoms with Crippen LogP contribution in [0, 0.1) is 20.8 Å². The molecule has 168 valence electrons. The van der Waals surface area contributed by atoms with E-state index in [-0.39, 0.29) is 11.8 Å². The summed E-state index contributed by atoms with van der Waals surface area (Å²) in [6.45, 7) is 8.26. The van der Waals surface area contributed by atoms with Crippen molar-refractivity contribution in [3.05, 3.63) is 68.4 Å². The number of rotatable bonds is 7. The van der Waals surface area contributed by atoms with E-state index in [2.05, 4.69) is 15.4 Å². The molecule has 4 heterocycles. The lowest BCUT2D eigenvalue weighted by atomic mass is 9.94. The van der Waals surface area contributed by atoms with Gasteiger partial charge in [-0.25, -0.2) is 0 Å². The molecule has 0 aliphatic carbocycles. The van der Waals surface area contributed by atoms with Crippen molar-refractivity contribution in [2.75, 3.05) is 6.54 Å². The van der Waals surface area contributed by atoms with Gasteiger partial charge in [-0.3, -0.25) is 19.3 Å². The summed E-state index contributed by atoms with van der Waals surface area (Å²) in [5.74, 6) is 0.145. The number of pyridine rings is 1. The van der Waals surface area contributed by atoms with Crippen molar-refractivity contribution in [2.24, 2.45) is 0 Å². The van der Waals surface area contributed by atoms with Gasteiger partial charge in [0.25, 0.3) is 0 Å². The summed E-state index contributed by atoms with van der Waals surface area (Å²) in [5, 5.41) is 11.5. The lowest BCUT2D eigenvalue weighted by Gasteiger charge is -2.30. The molecular weight excluding hydrogens is 422 g/mol. The predicted molar refractivity (Wildman–Crippen MR) is 124 cm³/mol. The van der Waals surface area contributed by atoms with E-state index in [1.165, 1.54) is 5.56 Å². The molecule has 32 heavy (non-hydrogen) atoms. The Hall–Kier alpha value is -3.00. The van der Waals surface area contributed by atoms with Crippen molar-refractivity contribution in [3.63, 3.8) is 0 Å². The minimum absolute atomic E-state index is 0.0113. The van der Waals surface area contributed by atoms with E-state index in [1.54, 1.807) is 11.3 Å². The normalized spacial score (nSPS) is 13.2. The van der Waals surface area contributed by atoms with Gasteiger partial charge in [-0.1, -0.05) is 0 Å². The number of nitrogens with one attached hydrogen (secondary N) is 1. The number of aromatic nitrogens is 3. The highest BCUT2D eigenvalue weighted by molar-refractivity contribution is 7.08. The Bertz CT molecular complexity index is 1120. The zero-order valence-corrected chi connectivity index (χ0v) is 19.7. The fourth-order valence-electron chi connectivity index (χ4n) is 4.26. The first-order valence-electron chi connectivity index (χ1n) is 10.9. The molecule has 0 saturated heterocycles. The van der Waals surface area contributed by atoms with Gasteiger partial charge >= 0.3 is 0 Å². The highest BCUT2D eigenvalue weighted by Crippen LogP contribution is 2.24. The third-order valence-electron chi connectivity index (χ3n) is 6.00. The van der Waals surface area contributed by atoms with Gasteiger partial charge in [0, 0.05) is 50.2 Å². The molecule has 0 aromatic carbocycles. The first-order valence-corrected chi connectivity index (χ1v) is 11.9. The van der Waals surface area contributed by atoms with Crippen LogP contribution < -0.4 is 5.32 Å². The van der Waals surface area contributed by atoms with Crippen LogP contribution in [0.25, 0.3) is 0 Å². The molecule has 2 amide bonds. The van der Waals surface area contributed by atoms with Crippen LogP contribution in [0.5, 0.6) is 0 Å². The Morgan fingerprint density at radius 1 is 1.25 bits per heavy atom. The summed E-state index contributed by atoms with van der Waals surface area (Å²) in [4.78, 5) is 31.6. The van der Waals surface area contributed by atoms with Gasteiger partial charge in [-0.15, -0.1) is 0 Å². The number of hydrogen-bond acceptors (Lipinski definition) is 5. The SMILES string of the molecule is Cc1cc(C)n(CCC(=O)N2CCc3c(cnc(C)c3CNC(=O)Cc3ccsc3)C2)n1. The van der Waals surface area contributed by atoms with Gasteiger partial charge in [0.05, 0.1) is 12.1 Å². The summed E-state index contributed by atoms with van der Waals surface area (Å²) in [6.07, 6.45) is 3.48. The summed E-state index contributed by atoms with van der Waals surface area (Å²) < 4.78 is 1.90. The van der Waals surface area contributed by atoms with Crippen molar-refractivity contribution in [3.8, 4) is 0 Å². The number of fused-ring (bicyclic) bond motifs is 1. The molecule has 0 fully saturated rings. The predicted octanol–water partition coefficient (Wildman–Crippen LogP) is 3.10. The number of nitrogens with zero attached hydrogens (tertiary/aromatic N) is 4. The second-order valence-electron chi connectivity index (χ2n) is 8.38. The quantitative estimate of drug-likeness (QED) is 0.599. The Morgan fingerprint density at radius 3 is 2.81 bits per heavy atom. The van der Waals surface area contributed by atoms with Crippen LogP contribution in [-0.2, 0) is 42.1 Å². The number of hydrogen-bond donors (Lipinski definition) is 1. The third kappa shape index (κ3) is 5.07. The van der Waals surface area contributed by atoms with E-state index < -0.39 is 0 Å². The highest BCUT2D eigenvalue weighted by Gasteiger charge is 2.24. The van der Waals surface area contributed by atoms with E-state index in [0.29, 0.717) is 39.0 Å². The smallest absolute Gasteiger partial charge is 0.224 e. The van der Waals surface area contributed by atoms with Gasteiger partial charge < -0.3 is 10.2 Å². The molecule has 1 N–H and O–H groups in total. The van der Waals surface area contributed by atoms with Crippen LogP contribution in [0.2, 0.25) is 0 Å². The molecule has 1 aliphatic heterocycles. The summed E-state index contributed by atoms with van der Waals surface area (Å²) in [6, 6.07) is 4.00. The van der Waals surface area contributed by atoms with E-state index in [9.17, 15) is 9.59 Å². The number of carbonyl (C=O) groups is 2. The van der Waals surface area contributed by atoms with Crippen molar-refractivity contribution in [2.45, 2.75) is 59.7 Å². The lowest BCUT2D eigenvalue weighted by molar-refractivity contribution is -0.132. The average Bonchev–Trinajstić information content (AvgIpc) is 3.39. The monoisotopic (exact) mass is 451 g/mol. The molecule has 0 unspecified atom stereocenters. The Kier molecular flexibility index (Phi) is 6.69. The molecule has 8 heteroatoms. The largest absolute Gasteiger partial charge is 0.352 e. The zero-order chi connectivity index (χ0) is 22.7. The molecule has 4 rings (SSSR count). The topological polar surface area (TPSA) is 80.1 Å². The molecule has 7 nitrogen and oxygen atoms in total. The summed E-state index contributed by atoms with van der Waals surface area (Å²) >= 11 is 1.60. The van der Waals surface area contributed by atoms with Crippen LogP contribution >= 0.6 is 11.3 Å². The zero-order valence-electron chi connectivity index (χ0n) is 18.9. The van der Waals surface area contributed by atoms with Crippen LogP contribution in [0.4, 0.5) is 0 Å². The van der Waals surface area contributed by atoms with Crippen LogP contribution in [0.3, 0.4) is 0 Å². The van der Waals surface area contributed by atoms with E-state index >= 15 is 0 Å². The number of aryl methyl sites for hydroxylation is 4. The van der Waals surface area contributed by atoms with Crippen LogP contribution in [-0.4, -0.2) is 38.0 Å². The fraction of sp³-hybridized carbons (Fsp3) is 0.417. The minimum atomic E-state index is 0.0113. The minimum Gasteiger partial charge on any atom is -0.352 e. The maximum absolute atomic E-state index is 12.8. The van der Waals surface area contributed by atoms with E-state index in [1.807, 2.05) is 59.4 Å². The Labute approximate surface area is 192 Å². The number of carbonyl (C=O) groups excluding carboxylic acids is 2. The van der Waals surface area contributed by atoms with Gasteiger partial charge in [0.2, 0.25) is 11.8 Å². The van der Waals surface area contributed by atoms with Crippen molar-refractivity contribution < 1.29 is 9.59 Å². The highest BCUT2D eigenvalue weighted by atomic mass is 32.1. The summed E-state index contributed by atoms with van der Waals surface area (Å²) in [5.41, 5.74) is 7.38. The maximum atomic E-state index is 12.8. The van der Waals surface area contributed by atoms with Crippen LogP contribution in [0.15, 0.2) is 29.1 Å². The van der Waals surface area contributed by atoms with Gasteiger partial charge in [-0.2, -0.15) is 16.4 Å². The Balaban J connectivity index is 1.37. The average molecular weight is 452 g/mol. The molecule has 0 spiro atoms. The van der Waals surface area contributed by atoms with Gasteiger partial charge in [-0.05, 0) is 72.3 Å². The number of amides is 2. The van der Waals surface area contributed by atoms with Gasteiger partial charge in [0.15, 0.2) is 0 Å². The van der Waals surface area contributed by atoms with Crippen molar-refractivity contribution in [1.82, 2.24) is 25.0 Å². The lowest BCUT2D eigenvalue weighted by Crippen LogP contribution is -2.37. The first kappa shape index (κ1) is 22.2. The second-order valence-corrected chi connectivity index (χ2v) is 9.16. The Morgan fingerprint density at radius 2 is 2.09 bits per heavy atom. The van der Waals surface area contributed by atoms with Crippen molar-refractivity contribution in [1.29, 1.82) is 0 Å². The molecule has 1 aliphatic rings. The van der Waals surface area contributed by atoms with E-state index in [0.717, 1.165) is 40.2 Å². The second kappa shape index (κ2) is 9.65. The van der Waals surface area contributed by atoms with Gasteiger partial charge in [0.1, 0.15) is 0 Å². The fourth-order valence-corrected chi connectivity index (χ4v) is 4.93. The molecule has 0 bridgehead atoms. The molecule has 0 atom stereocenters. The molecule has 0 radical (unpaired) electrons. The molecule has 3 aromatic heterocycles. The van der Waals surface area contributed by atoms with Crippen molar-refractivity contribution >= 4 is 23.2 Å². The standard InChI is InChI=1S/C24H29N5O2S/c1-16-10-17(2)29(27-16)8-5-24(31)28-7-4-21-20(14-28)12-25-18(3)22(21)13-26-23(30)11-19-6-9-32-15-19/h6,9-10,12,15H,4-5,7-8,11,13-14H2,1-3H3,(H,26,30). The van der Waals surface area contributed by atoms with Crippen LogP contribution in [0.1, 0.15) is 45.8 Å². The first-order chi connectivity index (χ1) is 15.4. The number of thiophene rings is 1. The third-order valence-corrected chi connectivity index (χ3v) is 6.73. The van der Waals surface area contributed by atoms with E-state index in [4.69, 9.17) is 0 Å². The summed E-state index contributed by atoms with van der Waals surface area (Å²) in [7, 11) is 0. The maximum Gasteiger partial charge on any atom is 0.224 e.